The second kappa shape index (κ2) is 9.03. The molecule has 1 aliphatic rings. The third-order valence-electron chi connectivity index (χ3n) is 5.97. The standard InChI is InChI=1S/C22H27BrN6O3/c1-3-16(30)13-29-20(31)18-19(26(2)22(29)32)25-21(27-10-6-8-15(24)12-27)28(18)11-14-7-4-5-9-17(14)23/h4-5,7,9,15H,3,6,8,10-13,24H2,1-2H3. The van der Waals surface area contributed by atoms with Crippen LogP contribution in [-0.2, 0) is 24.9 Å². The Morgan fingerprint density at radius 3 is 2.69 bits per heavy atom. The maximum atomic E-state index is 13.5. The SMILES string of the molecule is CCC(=O)Cn1c(=O)c2c(nc(N3CCCC(N)C3)n2Cc2ccccc2Br)n(C)c1=O. The summed E-state index contributed by atoms with van der Waals surface area (Å²) in [5.74, 6) is 0.431. The molecule has 1 saturated heterocycles. The van der Waals surface area contributed by atoms with Gasteiger partial charge in [0.25, 0.3) is 5.56 Å². The Balaban J connectivity index is 1.98. The van der Waals surface area contributed by atoms with Crippen molar-refractivity contribution < 1.29 is 4.79 Å². The Kier molecular flexibility index (Phi) is 6.34. The molecule has 0 bridgehead atoms. The van der Waals surface area contributed by atoms with Crippen molar-refractivity contribution in [1.82, 2.24) is 18.7 Å². The first-order valence-electron chi connectivity index (χ1n) is 10.8. The van der Waals surface area contributed by atoms with E-state index in [1.807, 2.05) is 28.8 Å². The fourth-order valence-corrected chi connectivity index (χ4v) is 4.58. The number of aromatic nitrogens is 4. The zero-order valence-corrected chi connectivity index (χ0v) is 19.8. The Labute approximate surface area is 193 Å². The van der Waals surface area contributed by atoms with Crippen LogP contribution in [0.4, 0.5) is 5.95 Å². The third kappa shape index (κ3) is 4.04. The molecule has 0 aliphatic carbocycles. The second-order valence-electron chi connectivity index (χ2n) is 8.24. The van der Waals surface area contributed by atoms with Crippen LogP contribution in [0.15, 0.2) is 38.3 Å². The van der Waals surface area contributed by atoms with Crippen molar-refractivity contribution in [2.24, 2.45) is 12.8 Å². The van der Waals surface area contributed by atoms with Gasteiger partial charge in [-0.25, -0.2) is 4.79 Å². The highest BCUT2D eigenvalue weighted by molar-refractivity contribution is 9.10. The molecule has 1 aliphatic heterocycles. The van der Waals surface area contributed by atoms with Crippen molar-refractivity contribution in [1.29, 1.82) is 0 Å². The van der Waals surface area contributed by atoms with Gasteiger partial charge in [-0.2, -0.15) is 4.98 Å². The average Bonchev–Trinajstić information content (AvgIpc) is 3.16. The Bertz CT molecular complexity index is 1290. The minimum Gasteiger partial charge on any atom is -0.341 e. The van der Waals surface area contributed by atoms with Gasteiger partial charge in [0.05, 0.1) is 13.1 Å². The highest BCUT2D eigenvalue weighted by atomic mass is 79.9. The van der Waals surface area contributed by atoms with Gasteiger partial charge in [0.2, 0.25) is 5.95 Å². The van der Waals surface area contributed by atoms with Crippen LogP contribution in [0, 0.1) is 0 Å². The van der Waals surface area contributed by atoms with Gasteiger partial charge < -0.3 is 10.6 Å². The molecule has 1 unspecified atom stereocenters. The normalized spacial score (nSPS) is 16.6. The lowest BCUT2D eigenvalue weighted by Crippen LogP contribution is -2.44. The summed E-state index contributed by atoms with van der Waals surface area (Å²) in [4.78, 5) is 45.3. The van der Waals surface area contributed by atoms with Crippen LogP contribution in [0.3, 0.4) is 0 Å². The van der Waals surface area contributed by atoms with E-state index < -0.39 is 11.2 Å². The number of fused-ring (bicyclic) bond motifs is 1. The van der Waals surface area contributed by atoms with E-state index in [9.17, 15) is 14.4 Å². The second-order valence-corrected chi connectivity index (χ2v) is 9.09. The quantitative estimate of drug-likeness (QED) is 0.548. The molecule has 32 heavy (non-hydrogen) atoms. The Morgan fingerprint density at radius 2 is 2.00 bits per heavy atom. The summed E-state index contributed by atoms with van der Waals surface area (Å²) in [5.41, 5.74) is 6.75. The van der Waals surface area contributed by atoms with Crippen molar-refractivity contribution in [3.63, 3.8) is 0 Å². The van der Waals surface area contributed by atoms with Crippen LogP contribution in [0.2, 0.25) is 0 Å². The lowest BCUT2D eigenvalue weighted by Gasteiger charge is -2.32. The average molecular weight is 503 g/mol. The van der Waals surface area contributed by atoms with Crippen molar-refractivity contribution in [2.45, 2.75) is 45.3 Å². The van der Waals surface area contributed by atoms with Crippen LogP contribution >= 0.6 is 15.9 Å². The van der Waals surface area contributed by atoms with Crippen LogP contribution in [0.1, 0.15) is 31.7 Å². The van der Waals surface area contributed by atoms with Crippen molar-refractivity contribution in [3.8, 4) is 0 Å². The predicted molar refractivity (Wildman–Crippen MR) is 127 cm³/mol. The number of benzene rings is 1. The summed E-state index contributed by atoms with van der Waals surface area (Å²) in [7, 11) is 1.58. The highest BCUT2D eigenvalue weighted by Crippen LogP contribution is 2.26. The van der Waals surface area contributed by atoms with Crippen molar-refractivity contribution in [2.75, 3.05) is 18.0 Å². The van der Waals surface area contributed by atoms with Gasteiger partial charge in [0, 0.05) is 37.1 Å². The summed E-state index contributed by atoms with van der Waals surface area (Å²) in [6.45, 7) is 3.24. The number of carbonyl (C=O) groups is 1. The molecule has 3 aromatic rings. The van der Waals surface area contributed by atoms with Gasteiger partial charge in [-0.3, -0.25) is 23.3 Å². The summed E-state index contributed by atoms with van der Waals surface area (Å²) in [6, 6.07) is 7.80. The molecule has 0 spiro atoms. The van der Waals surface area contributed by atoms with Crippen molar-refractivity contribution in [3.05, 3.63) is 55.1 Å². The fraction of sp³-hybridized carbons (Fsp3) is 0.455. The number of ketones is 1. The molecule has 1 fully saturated rings. The number of hydrogen-bond donors (Lipinski definition) is 1. The number of carbonyl (C=O) groups excluding carboxylic acids is 1. The molecule has 170 valence electrons. The van der Waals surface area contributed by atoms with Crippen molar-refractivity contribution >= 4 is 38.8 Å². The smallest absolute Gasteiger partial charge is 0.332 e. The number of nitrogens with two attached hydrogens (primary N) is 1. The number of nitrogens with zero attached hydrogens (tertiary/aromatic N) is 5. The van der Waals surface area contributed by atoms with Gasteiger partial charge in [0.1, 0.15) is 0 Å². The number of aryl methyl sites for hydroxylation is 1. The Morgan fingerprint density at radius 1 is 1.25 bits per heavy atom. The van der Waals surface area contributed by atoms with E-state index in [-0.39, 0.29) is 24.8 Å². The summed E-state index contributed by atoms with van der Waals surface area (Å²) in [6.07, 6.45) is 2.11. The van der Waals surface area contributed by atoms with E-state index >= 15 is 0 Å². The number of halogens is 1. The number of hydrogen-bond acceptors (Lipinski definition) is 6. The van der Waals surface area contributed by atoms with E-state index in [0.717, 1.165) is 34.0 Å². The number of Topliss-reactive ketones (excluding diaryl/α,β-unsaturated/α-hetero) is 1. The molecular weight excluding hydrogens is 476 g/mol. The number of imidazole rings is 1. The van der Waals surface area contributed by atoms with E-state index in [0.29, 0.717) is 30.2 Å². The number of rotatable bonds is 6. The maximum absolute atomic E-state index is 13.5. The molecule has 9 nitrogen and oxygen atoms in total. The van der Waals surface area contributed by atoms with Crippen LogP contribution in [0.25, 0.3) is 11.2 Å². The summed E-state index contributed by atoms with van der Waals surface area (Å²) in [5, 5.41) is 0. The molecule has 3 heterocycles. The van der Waals surface area contributed by atoms with Gasteiger partial charge in [-0.15, -0.1) is 0 Å². The molecule has 0 radical (unpaired) electrons. The summed E-state index contributed by atoms with van der Waals surface area (Å²) < 4.78 is 5.12. The first-order valence-corrected chi connectivity index (χ1v) is 11.6. The third-order valence-corrected chi connectivity index (χ3v) is 6.74. The first-order chi connectivity index (χ1) is 15.3. The lowest BCUT2D eigenvalue weighted by molar-refractivity contribution is -0.119. The lowest BCUT2D eigenvalue weighted by atomic mass is 10.1. The fourth-order valence-electron chi connectivity index (χ4n) is 4.17. The zero-order valence-electron chi connectivity index (χ0n) is 18.3. The molecule has 2 N–H and O–H groups in total. The van der Waals surface area contributed by atoms with E-state index in [2.05, 4.69) is 20.8 Å². The molecule has 1 aromatic carbocycles. The van der Waals surface area contributed by atoms with Gasteiger partial charge in [-0.05, 0) is 24.5 Å². The van der Waals surface area contributed by atoms with Gasteiger partial charge in [-0.1, -0.05) is 41.1 Å². The molecule has 0 saturated carbocycles. The maximum Gasteiger partial charge on any atom is 0.332 e. The van der Waals surface area contributed by atoms with Gasteiger partial charge >= 0.3 is 5.69 Å². The minimum absolute atomic E-state index is 0.0168. The first kappa shape index (κ1) is 22.5. The van der Waals surface area contributed by atoms with E-state index in [1.165, 1.54) is 4.57 Å². The van der Waals surface area contributed by atoms with E-state index in [1.54, 1.807) is 14.0 Å². The largest absolute Gasteiger partial charge is 0.341 e. The molecular formula is C22H27BrN6O3. The molecule has 1 atom stereocenters. The summed E-state index contributed by atoms with van der Waals surface area (Å²) >= 11 is 3.59. The monoisotopic (exact) mass is 502 g/mol. The minimum atomic E-state index is -0.545. The molecule has 2 aromatic heterocycles. The predicted octanol–water partition coefficient (Wildman–Crippen LogP) is 1.61. The number of piperidine rings is 1. The van der Waals surface area contributed by atoms with Crippen LogP contribution in [0.5, 0.6) is 0 Å². The zero-order chi connectivity index (χ0) is 23.0. The van der Waals surface area contributed by atoms with E-state index in [4.69, 9.17) is 10.7 Å². The van der Waals surface area contributed by atoms with Crippen LogP contribution < -0.4 is 21.9 Å². The molecule has 10 heteroatoms. The van der Waals surface area contributed by atoms with Gasteiger partial charge in [0.15, 0.2) is 16.9 Å². The van der Waals surface area contributed by atoms with Crippen LogP contribution in [-0.4, -0.2) is 43.6 Å². The highest BCUT2D eigenvalue weighted by Gasteiger charge is 2.27. The molecule has 0 amide bonds. The topological polar surface area (TPSA) is 108 Å². The number of anilines is 1. The Hall–Kier alpha value is -2.72. The molecule has 4 rings (SSSR count).